The van der Waals surface area contributed by atoms with Crippen LogP contribution in [0.1, 0.15) is 23.7 Å². The van der Waals surface area contributed by atoms with Crippen LogP contribution in [0.5, 0.6) is 5.75 Å². The summed E-state index contributed by atoms with van der Waals surface area (Å²) in [6.07, 6.45) is -0.00143. The van der Waals surface area contributed by atoms with Crippen molar-refractivity contribution in [3.63, 3.8) is 0 Å². The lowest BCUT2D eigenvalue weighted by atomic mass is 10.1. The van der Waals surface area contributed by atoms with Crippen molar-refractivity contribution in [3.05, 3.63) is 58.6 Å². The highest BCUT2D eigenvalue weighted by atomic mass is 79.9. The van der Waals surface area contributed by atoms with Gasteiger partial charge in [0.05, 0.1) is 11.3 Å². The van der Waals surface area contributed by atoms with Gasteiger partial charge in [-0.15, -0.1) is 0 Å². The Morgan fingerprint density at radius 3 is 2.52 bits per heavy atom. The first-order valence-corrected chi connectivity index (χ1v) is 9.40. The van der Waals surface area contributed by atoms with Gasteiger partial charge in [0.25, 0.3) is 11.8 Å². The zero-order valence-corrected chi connectivity index (χ0v) is 16.9. The molecule has 0 saturated heterocycles. The highest BCUT2D eigenvalue weighted by Gasteiger charge is 2.18. The van der Waals surface area contributed by atoms with Crippen LogP contribution in [-0.2, 0) is 9.53 Å². The molecule has 0 spiro atoms. The zero-order valence-electron chi connectivity index (χ0n) is 15.3. The van der Waals surface area contributed by atoms with Gasteiger partial charge in [0.1, 0.15) is 5.75 Å². The molecule has 0 radical (unpaired) electrons. The van der Waals surface area contributed by atoms with E-state index < -0.39 is 6.10 Å². The smallest absolute Gasteiger partial charge is 0.265 e. The molecular weight excluding hydrogens is 412 g/mol. The largest absolute Gasteiger partial charge is 0.481 e. The number of ether oxygens (including phenoxy) is 2. The van der Waals surface area contributed by atoms with E-state index in [9.17, 15) is 9.59 Å². The standard InChI is InChI=1S/C20H23BrN2O4/c1-14(27-16-10-8-15(21)9-11-16)19(24)23-18-7-4-3-6-17(18)20(25)22-12-5-13-26-2/h3-4,6-11,14H,5,12-13H2,1-2H3,(H,22,25)(H,23,24)/t14-/m1/s1. The maximum absolute atomic E-state index is 12.5. The maximum Gasteiger partial charge on any atom is 0.265 e. The molecule has 0 saturated carbocycles. The summed E-state index contributed by atoms with van der Waals surface area (Å²) in [5.41, 5.74) is 0.845. The number of rotatable bonds is 9. The van der Waals surface area contributed by atoms with Gasteiger partial charge in [0, 0.05) is 24.7 Å². The molecule has 27 heavy (non-hydrogen) atoms. The number of nitrogens with one attached hydrogen (secondary N) is 2. The molecule has 1 atom stereocenters. The average Bonchev–Trinajstić information content (AvgIpc) is 2.67. The number of hydrogen-bond donors (Lipinski definition) is 2. The molecule has 2 N–H and O–H groups in total. The summed E-state index contributed by atoms with van der Waals surface area (Å²) in [5.74, 6) is 0.00561. The molecule has 0 fully saturated rings. The maximum atomic E-state index is 12.5. The van der Waals surface area contributed by atoms with E-state index in [-0.39, 0.29) is 11.8 Å². The van der Waals surface area contributed by atoms with Crippen LogP contribution < -0.4 is 15.4 Å². The normalized spacial score (nSPS) is 11.5. The van der Waals surface area contributed by atoms with Crippen LogP contribution in [0.4, 0.5) is 5.69 Å². The van der Waals surface area contributed by atoms with Gasteiger partial charge in [0.2, 0.25) is 0 Å². The van der Waals surface area contributed by atoms with Crippen LogP contribution in [0.15, 0.2) is 53.0 Å². The highest BCUT2D eigenvalue weighted by Crippen LogP contribution is 2.19. The Morgan fingerprint density at radius 1 is 1.11 bits per heavy atom. The van der Waals surface area contributed by atoms with Gasteiger partial charge in [-0.1, -0.05) is 28.1 Å². The minimum Gasteiger partial charge on any atom is -0.481 e. The van der Waals surface area contributed by atoms with Crippen LogP contribution in [0.2, 0.25) is 0 Å². The van der Waals surface area contributed by atoms with Gasteiger partial charge in [-0.2, -0.15) is 0 Å². The Balaban J connectivity index is 1.98. The first kappa shape index (κ1) is 20.9. The molecule has 2 rings (SSSR count). The van der Waals surface area contributed by atoms with E-state index in [1.807, 2.05) is 12.1 Å². The molecule has 7 heteroatoms. The summed E-state index contributed by atoms with van der Waals surface area (Å²) in [5, 5.41) is 5.58. The molecule has 6 nitrogen and oxygen atoms in total. The van der Waals surface area contributed by atoms with Gasteiger partial charge >= 0.3 is 0 Å². The lowest BCUT2D eigenvalue weighted by Crippen LogP contribution is -2.32. The van der Waals surface area contributed by atoms with E-state index in [2.05, 4.69) is 26.6 Å². The lowest BCUT2D eigenvalue weighted by molar-refractivity contribution is -0.122. The van der Waals surface area contributed by atoms with Crippen LogP contribution in [-0.4, -0.2) is 38.2 Å². The number of methoxy groups -OCH3 is 1. The van der Waals surface area contributed by atoms with Crippen molar-refractivity contribution in [2.75, 3.05) is 25.6 Å². The average molecular weight is 435 g/mol. The van der Waals surface area contributed by atoms with Gasteiger partial charge in [-0.25, -0.2) is 0 Å². The van der Waals surface area contributed by atoms with Gasteiger partial charge < -0.3 is 20.1 Å². The number of halogens is 1. The molecule has 0 unspecified atom stereocenters. The summed E-state index contributed by atoms with van der Waals surface area (Å²) in [6, 6.07) is 14.1. The topological polar surface area (TPSA) is 76.7 Å². The van der Waals surface area contributed by atoms with Crippen LogP contribution in [0.25, 0.3) is 0 Å². The number of carbonyl (C=O) groups is 2. The first-order chi connectivity index (χ1) is 13.0. The second-order valence-electron chi connectivity index (χ2n) is 5.85. The quantitative estimate of drug-likeness (QED) is 0.590. The van der Waals surface area contributed by atoms with E-state index in [0.29, 0.717) is 30.2 Å². The number of benzene rings is 2. The van der Waals surface area contributed by atoms with Crippen molar-refractivity contribution in [1.82, 2.24) is 5.32 Å². The lowest BCUT2D eigenvalue weighted by Gasteiger charge is -2.16. The van der Waals surface area contributed by atoms with Gasteiger partial charge in [0.15, 0.2) is 6.10 Å². The predicted molar refractivity (Wildman–Crippen MR) is 108 cm³/mol. The highest BCUT2D eigenvalue weighted by molar-refractivity contribution is 9.10. The van der Waals surface area contributed by atoms with Gasteiger partial charge in [-0.3, -0.25) is 9.59 Å². The predicted octanol–water partition coefficient (Wildman–Crippen LogP) is 3.62. The third-order valence-corrected chi connectivity index (χ3v) is 4.26. The SMILES string of the molecule is COCCCNC(=O)c1ccccc1NC(=O)[C@@H](C)Oc1ccc(Br)cc1. The molecule has 0 aliphatic heterocycles. The van der Waals surface area contributed by atoms with Crippen molar-refractivity contribution in [1.29, 1.82) is 0 Å². The Kier molecular flexibility index (Phi) is 8.29. The van der Waals surface area contributed by atoms with Crippen LogP contribution >= 0.6 is 15.9 Å². The molecule has 2 amide bonds. The van der Waals surface area contributed by atoms with Crippen molar-refractivity contribution in [2.24, 2.45) is 0 Å². The number of carbonyl (C=O) groups excluding carboxylic acids is 2. The second kappa shape index (κ2) is 10.7. The monoisotopic (exact) mass is 434 g/mol. The molecule has 0 heterocycles. The van der Waals surface area contributed by atoms with Gasteiger partial charge in [-0.05, 0) is 49.7 Å². The number of amides is 2. The molecule has 0 bridgehead atoms. The van der Waals surface area contributed by atoms with Crippen LogP contribution in [0.3, 0.4) is 0 Å². The Hall–Kier alpha value is -2.38. The molecule has 144 valence electrons. The summed E-state index contributed by atoms with van der Waals surface area (Å²) in [7, 11) is 1.62. The Bertz CT molecular complexity index is 765. The van der Waals surface area contributed by atoms with Crippen molar-refractivity contribution in [2.45, 2.75) is 19.4 Å². The summed E-state index contributed by atoms with van der Waals surface area (Å²) < 4.78 is 11.5. The van der Waals surface area contributed by atoms with E-state index in [4.69, 9.17) is 9.47 Å². The second-order valence-corrected chi connectivity index (χ2v) is 6.77. The van der Waals surface area contributed by atoms with Crippen molar-refractivity contribution < 1.29 is 19.1 Å². The molecular formula is C20H23BrN2O4. The minimum absolute atomic E-state index is 0.247. The fraction of sp³-hybridized carbons (Fsp3) is 0.300. The molecule has 0 aliphatic rings. The van der Waals surface area contributed by atoms with Crippen LogP contribution in [0, 0.1) is 0 Å². The number of para-hydroxylation sites is 1. The number of hydrogen-bond acceptors (Lipinski definition) is 4. The van der Waals surface area contributed by atoms with Crippen molar-refractivity contribution >= 4 is 33.4 Å². The fourth-order valence-electron chi connectivity index (χ4n) is 2.31. The minimum atomic E-state index is -0.719. The zero-order chi connectivity index (χ0) is 19.6. The summed E-state index contributed by atoms with van der Waals surface area (Å²) in [6.45, 7) is 2.73. The Morgan fingerprint density at radius 2 is 1.81 bits per heavy atom. The molecule has 0 aromatic heterocycles. The van der Waals surface area contributed by atoms with E-state index in [1.54, 1.807) is 50.4 Å². The summed E-state index contributed by atoms with van der Waals surface area (Å²) >= 11 is 3.35. The third kappa shape index (κ3) is 6.69. The fourth-order valence-corrected chi connectivity index (χ4v) is 2.57. The third-order valence-electron chi connectivity index (χ3n) is 3.74. The molecule has 2 aromatic rings. The Labute approximate surface area is 167 Å². The van der Waals surface area contributed by atoms with Crippen molar-refractivity contribution in [3.8, 4) is 5.75 Å². The van der Waals surface area contributed by atoms with E-state index in [0.717, 1.165) is 10.9 Å². The number of anilines is 1. The molecule has 0 aliphatic carbocycles. The summed E-state index contributed by atoms with van der Waals surface area (Å²) in [4.78, 5) is 24.8. The van der Waals surface area contributed by atoms with E-state index >= 15 is 0 Å². The molecule has 2 aromatic carbocycles. The van der Waals surface area contributed by atoms with E-state index in [1.165, 1.54) is 0 Å². The first-order valence-electron chi connectivity index (χ1n) is 8.60.